The van der Waals surface area contributed by atoms with Gasteiger partial charge in [0.2, 0.25) is 0 Å². The highest BCUT2D eigenvalue weighted by Gasteiger charge is 2.25. The second kappa shape index (κ2) is 7.42. The zero-order valence-corrected chi connectivity index (χ0v) is 14.2. The second-order valence-electron chi connectivity index (χ2n) is 7.08. The van der Waals surface area contributed by atoms with E-state index in [2.05, 4.69) is 50.8 Å². The largest absolute Gasteiger partial charge is 0.329 e. The smallest absolute Gasteiger partial charge is 0.0473 e. The van der Waals surface area contributed by atoms with Gasteiger partial charge in [0.15, 0.2) is 0 Å². The summed E-state index contributed by atoms with van der Waals surface area (Å²) in [6, 6.07) is 7.15. The lowest BCUT2D eigenvalue weighted by Gasteiger charge is -2.31. The molecule has 2 unspecified atom stereocenters. The minimum absolute atomic E-state index is 0.385. The molecule has 118 valence electrons. The normalized spacial score (nSPS) is 22.3. The number of hydrogen-bond donors (Lipinski definition) is 1. The molecule has 21 heavy (non-hydrogen) atoms. The van der Waals surface area contributed by atoms with Crippen LogP contribution in [0.5, 0.6) is 0 Å². The van der Waals surface area contributed by atoms with Gasteiger partial charge in [-0.2, -0.15) is 0 Å². The summed E-state index contributed by atoms with van der Waals surface area (Å²) < 4.78 is 0. The van der Waals surface area contributed by atoms with Gasteiger partial charge in [0.1, 0.15) is 0 Å². The Balaban J connectivity index is 2.15. The van der Waals surface area contributed by atoms with Crippen molar-refractivity contribution in [2.45, 2.75) is 53.0 Å². The van der Waals surface area contributed by atoms with Gasteiger partial charge in [-0.05, 0) is 69.2 Å². The summed E-state index contributed by atoms with van der Waals surface area (Å²) in [7, 11) is 0. The van der Waals surface area contributed by atoms with Crippen LogP contribution < -0.4 is 5.73 Å². The molecular formula is C19H32N2. The van der Waals surface area contributed by atoms with Crippen LogP contribution in [0.3, 0.4) is 0 Å². The van der Waals surface area contributed by atoms with Gasteiger partial charge in [-0.3, -0.25) is 4.90 Å². The number of hydrogen-bond acceptors (Lipinski definition) is 2. The zero-order chi connectivity index (χ0) is 15.4. The van der Waals surface area contributed by atoms with Crippen molar-refractivity contribution in [3.05, 3.63) is 34.9 Å². The van der Waals surface area contributed by atoms with Crippen LogP contribution in [0.25, 0.3) is 0 Å². The molecule has 1 saturated heterocycles. The van der Waals surface area contributed by atoms with Crippen molar-refractivity contribution in [2.24, 2.45) is 17.6 Å². The molecule has 1 aliphatic heterocycles. The molecular weight excluding hydrogens is 256 g/mol. The summed E-state index contributed by atoms with van der Waals surface area (Å²) in [6.45, 7) is 12.2. The number of rotatable bonds is 4. The van der Waals surface area contributed by atoms with E-state index in [0.29, 0.717) is 6.04 Å². The molecule has 0 spiro atoms. The van der Waals surface area contributed by atoms with Crippen LogP contribution in [-0.2, 0) is 0 Å². The molecule has 2 rings (SSSR count). The van der Waals surface area contributed by atoms with Crippen LogP contribution in [0.15, 0.2) is 18.2 Å². The van der Waals surface area contributed by atoms with Gasteiger partial charge in [-0.1, -0.05) is 37.6 Å². The minimum Gasteiger partial charge on any atom is -0.329 e. The Morgan fingerprint density at radius 3 is 2.62 bits per heavy atom. The average molecular weight is 288 g/mol. The average Bonchev–Trinajstić information content (AvgIpc) is 2.70. The summed E-state index contributed by atoms with van der Waals surface area (Å²) in [5.74, 6) is 1.69. The Labute approximate surface area is 130 Å². The molecule has 2 atom stereocenters. The fourth-order valence-corrected chi connectivity index (χ4v) is 3.71. The van der Waals surface area contributed by atoms with E-state index in [4.69, 9.17) is 5.73 Å². The van der Waals surface area contributed by atoms with E-state index in [1.54, 1.807) is 0 Å². The second-order valence-corrected chi connectivity index (χ2v) is 7.08. The van der Waals surface area contributed by atoms with Crippen molar-refractivity contribution in [3.8, 4) is 0 Å². The van der Waals surface area contributed by atoms with E-state index in [0.717, 1.165) is 18.4 Å². The highest BCUT2D eigenvalue weighted by atomic mass is 15.2. The summed E-state index contributed by atoms with van der Waals surface area (Å²) in [5.41, 5.74) is 10.3. The molecule has 2 N–H and O–H groups in total. The fraction of sp³-hybridized carbons (Fsp3) is 0.684. The van der Waals surface area contributed by atoms with Gasteiger partial charge in [0, 0.05) is 12.6 Å². The minimum atomic E-state index is 0.385. The first kappa shape index (κ1) is 16.5. The molecule has 0 amide bonds. The number of aryl methyl sites for hydroxylation is 2. The van der Waals surface area contributed by atoms with Gasteiger partial charge in [0.05, 0.1) is 0 Å². The maximum Gasteiger partial charge on any atom is 0.0473 e. The van der Waals surface area contributed by atoms with Crippen molar-refractivity contribution in [1.82, 2.24) is 4.90 Å². The highest BCUT2D eigenvalue weighted by molar-refractivity contribution is 5.33. The molecule has 0 radical (unpaired) electrons. The third kappa shape index (κ3) is 4.08. The summed E-state index contributed by atoms with van der Waals surface area (Å²) in [5, 5.41) is 0. The van der Waals surface area contributed by atoms with E-state index in [1.165, 1.54) is 49.0 Å². The molecule has 2 nitrogen and oxygen atoms in total. The highest BCUT2D eigenvalue weighted by Crippen LogP contribution is 2.30. The number of nitrogens with two attached hydrogens (primary N) is 1. The number of nitrogens with zero attached hydrogens (tertiary/aromatic N) is 1. The topological polar surface area (TPSA) is 29.3 Å². The summed E-state index contributed by atoms with van der Waals surface area (Å²) in [6.07, 6.45) is 4.00. The van der Waals surface area contributed by atoms with Crippen LogP contribution in [0.1, 0.15) is 55.8 Å². The lowest BCUT2D eigenvalue weighted by Crippen LogP contribution is -2.35. The molecule has 0 aromatic heterocycles. The molecule has 1 aromatic carbocycles. The zero-order valence-electron chi connectivity index (χ0n) is 14.2. The molecule has 1 fully saturated rings. The molecule has 0 saturated carbocycles. The molecule has 1 aromatic rings. The van der Waals surface area contributed by atoms with Gasteiger partial charge < -0.3 is 5.73 Å². The predicted octanol–water partition coefficient (Wildman–Crippen LogP) is 4.06. The van der Waals surface area contributed by atoms with Crippen LogP contribution in [0.2, 0.25) is 0 Å². The Hall–Kier alpha value is -0.860. The van der Waals surface area contributed by atoms with Crippen molar-refractivity contribution >= 4 is 0 Å². The molecule has 1 aliphatic rings. The first-order valence-electron chi connectivity index (χ1n) is 8.54. The van der Waals surface area contributed by atoms with Gasteiger partial charge in [-0.15, -0.1) is 0 Å². The molecule has 0 bridgehead atoms. The maximum atomic E-state index is 6.16. The molecule has 1 heterocycles. The van der Waals surface area contributed by atoms with E-state index >= 15 is 0 Å². The van der Waals surface area contributed by atoms with E-state index < -0.39 is 0 Å². The van der Waals surface area contributed by atoms with Crippen molar-refractivity contribution in [2.75, 3.05) is 19.6 Å². The van der Waals surface area contributed by atoms with Gasteiger partial charge in [-0.25, -0.2) is 0 Å². The maximum absolute atomic E-state index is 6.16. The van der Waals surface area contributed by atoms with E-state index in [-0.39, 0.29) is 0 Å². The Kier molecular flexibility index (Phi) is 5.83. The fourth-order valence-electron chi connectivity index (χ4n) is 3.71. The Morgan fingerprint density at radius 2 is 1.95 bits per heavy atom. The monoisotopic (exact) mass is 288 g/mol. The van der Waals surface area contributed by atoms with E-state index in [9.17, 15) is 0 Å². The summed E-state index contributed by atoms with van der Waals surface area (Å²) in [4.78, 5) is 2.63. The van der Waals surface area contributed by atoms with Gasteiger partial charge in [0.25, 0.3) is 0 Å². The first-order chi connectivity index (χ1) is 10.0. The summed E-state index contributed by atoms with van der Waals surface area (Å²) >= 11 is 0. The van der Waals surface area contributed by atoms with E-state index in [1.807, 2.05) is 0 Å². The predicted molar refractivity (Wildman–Crippen MR) is 91.5 cm³/mol. The standard InChI is InChI=1S/C19H32N2/c1-14(2)17-6-5-10-21(11-9-17)19(13-20)18-12-15(3)7-8-16(18)4/h7-8,12,14,17,19H,5-6,9-11,13,20H2,1-4H3. The van der Waals surface area contributed by atoms with Crippen LogP contribution in [0.4, 0.5) is 0 Å². The molecule has 0 aliphatic carbocycles. The van der Waals surface area contributed by atoms with Crippen LogP contribution in [0, 0.1) is 25.7 Å². The van der Waals surface area contributed by atoms with Crippen LogP contribution in [-0.4, -0.2) is 24.5 Å². The lowest BCUT2D eigenvalue weighted by molar-refractivity contribution is 0.203. The third-order valence-corrected chi connectivity index (χ3v) is 5.21. The van der Waals surface area contributed by atoms with Crippen molar-refractivity contribution in [1.29, 1.82) is 0 Å². The lowest BCUT2D eigenvalue weighted by atomic mass is 9.89. The van der Waals surface area contributed by atoms with Crippen LogP contribution >= 0.6 is 0 Å². The SMILES string of the molecule is Cc1ccc(C)c(C(CN)N2CCCC(C(C)C)CC2)c1. The molecule has 2 heteroatoms. The Morgan fingerprint density at radius 1 is 1.19 bits per heavy atom. The first-order valence-corrected chi connectivity index (χ1v) is 8.54. The van der Waals surface area contributed by atoms with Crippen molar-refractivity contribution in [3.63, 3.8) is 0 Å². The third-order valence-electron chi connectivity index (χ3n) is 5.21. The van der Waals surface area contributed by atoms with Gasteiger partial charge >= 0.3 is 0 Å². The quantitative estimate of drug-likeness (QED) is 0.905. The Bertz CT molecular complexity index is 453. The number of benzene rings is 1. The van der Waals surface area contributed by atoms with Crippen molar-refractivity contribution < 1.29 is 0 Å². The number of likely N-dealkylation sites (tertiary alicyclic amines) is 1.